The summed E-state index contributed by atoms with van der Waals surface area (Å²) >= 11 is 0. The van der Waals surface area contributed by atoms with Crippen molar-refractivity contribution in [3.8, 4) is 0 Å². The van der Waals surface area contributed by atoms with Crippen LogP contribution in [0.5, 0.6) is 0 Å². The molecule has 0 rings (SSSR count). The predicted octanol–water partition coefficient (Wildman–Crippen LogP) is -0.914. The van der Waals surface area contributed by atoms with E-state index < -0.39 is 0 Å². The lowest BCUT2D eigenvalue weighted by Crippen LogP contribution is -2.16. The Morgan fingerprint density at radius 1 is 0.189 bits per heavy atom. The molecule has 0 aliphatic heterocycles. The molecule has 0 saturated carbocycles. The van der Waals surface area contributed by atoms with E-state index in [0.29, 0.717) is 158 Å². The van der Waals surface area contributed by atoms with Crippen molar-refractivity contribution in [1.29, 1.82) is 0 Å². The normalized spacial score (nSPS) is 11.5. The highest BCUT2D eigenvalue weighted by atomic mass is 16.6. The lowest BCUT2D eigenvalue weighted by molar-refractivity contribution is -0.0273. The fourth-order valence-electron chi connectivity index (χ4n) is 2.47. The third kappa shape index (κ3) is 35.5. The average molecular weight is 545 g/mol. The van der Waals surface area contributed by atoms with Crippen LogP contribution in [0.1, 0.15) is 0 Å². The number of nitrogens with two attached hydrogens (primary N) is 2. The van der Waals surface area contributed by atoms with Crippen molar-refractivity contribution in [2.75, 3.05) is 158 Å². The van der Waals surface area contributed by atoms with Crippen LogP contribution in [0.3, 0.4) is 0 Å². The highest BCUT2D eigenvalue weighted by Crippen LogP contribution is 1.86. The van der Waals surface area contributed by atoms with Gasteiger partial charge in [-0.25, -0.2) is 0 Å². The third-order valence-electron chi connectivity index (χ3n) is 4.24. The minimum atomic E-state index is 0.516. The van der Waals surface area contributed by atoms with Gasteiger partial charge in [0.05, 0.1) is 145 Å². The molecule has 0 aliphatic carbocycles. The maximum absolute atomic E-state index is 5.45. The molecule has 0 unspecified atom stereocenters. The van der Waals surface area contributed by atoms with Gasteiger partial charge in [-0.3, -0.25) is 0 Å². The van der Waals surface area contributed by atoms with Crippen LogP contribution in [0, 0.1) is 0 Å². The van der Waals surface area contributed by atoms with Crippen molar-refractivity contribution >= 4 is 0 Å². The zero-order valence-electron chi connectivity index (χ0n) is 22.6. The van der Waals surface area contributed by atoms with Crippen LogP contribution < -0.4 is 11.5 Å². The van der Waals surface area contributed by atoms with Gasteiger partial charge in [-0.05, 0) is 0 Å². The number of hydrogen-bond acceptors (Lipinski definition) is 13. The van der Waals surface area contributed by atoms with Gasteiger partial charge in [-0.15, -0.1) is 0 Å². The molecule has 0 atom stereocenters. The summed E-state index contributed by atoms with van der Waals surface area (Å²) in [5, 5.41) is 0. The van der Waals surface area contributed by atoms with Crippen molar-refractivity contribution < 1.29 is 52.1 Å². The first kappa shape index (κ1) is 36.5. The Labute approximate surface area is 222 Å². The highest BCUT2D eigenvalue weighted by Gasteiger charge is 1.96. The monoisotopic (exact) mass is 544 g/mol. The largest absolute Gasteiger partial charge is 0.378 e. The molecular weight excluding hydrogens is 492 g/mol. The molecule has 0 fully saturated rings. The van der Waals surface area contributed by atoms with Crippen molar-refractivity contribution in [2.45, 2.75) is 0 Å². The molecule has 0 radical (unpaired) electrons. The van der Waals surface area contributed by atoms with E-state index in [1.54, 1.807) is 0 Å². The summed E-state index contributed by atoms with van der Waals surface area (Å²) < 4.78 is 59.1. The first-order valence-corrected chi connectivity index (χ1v) is 13.2. The van der Waals surface area contributed by atoms with Crippen LogP contribution in [0.15, 0.2) is 0 Å². The van der Waals surface area contributed by atoms with Crippen LogP contribution in [-0.2, 0) is 52.1 Å². The molecule has 0 aromatic heterocycles. The molecular formula is C24H52N2O11. The molecule has 0 spiro atoms. The summed E-state index contributed by atoms with van der Waals surface area (Å²) in [7, 11) is 0. The van der Waals surface area contributed by atoms with E-state index in [0.717, 1.165) is 0 Å². The van der Waals surface area contributed by atoms with Gasteiger partial charge in [0.25, 0.3) is 0 Å². The van der Waals surface area contributed by atoms with Gasteiger partial charge in [0.2, 0.25) is 0 Å². The van der Waals surface area contributed by atoms with Gasteiger partial charge in [0.15, 0.2) is 0 Å². The fraction of sp³-hybridized carbons (Fsp3) is 1.00. The van der Waals surface area contributed by atoms with Gasteiger partial charge in [0.1, 0.15) is 0 Å². The second kappa shape index (κ2) is 35.5. The maximum Gasteiger partial charge on any atom is 0.0701 e. The Hall–Kier alpha value is -0.520. The molecule has 0 aromatic rings. The van der Waals surface area contributed by atoms with Crippen LogP contribution in [-0.4, -0.2) is 158 Å². The fourth-order valence-corrected chi connectivity index (χ4v) is 2.47. The van der Waals surface area contributed by atoms with Gasteiger partial charge in [-0.1, -0.05) is 0 Å². The molecule has 4 N–H and O–H groups in total. The molecule has 13 heteroatoms. The van der Waals surface area contributed by atoms with Crippen LogP contribution in [0.4, 0.5) is 0 Å². The van der Waals surface area contributed by atoms with Crippen LogP contribution in [0.25, 0.3) is 0 Å². The van der Waals surface area contributed by atoms with E-state index in [-0.39, 0.29) is 0 Å². The molecule has 0 heterocycles. The first-order valence-electron chi connectivity index (χ1n) is 13.2. The average Bonchev–Trinajstić information content (AvgIpc) is 2.91. The van der Waals surface area contributed by atoms with E-state index in [4.69, 9.17) is 63.6 Å². The molecule has 0 saturated heterocycles. The minimum absolute atomic E-state index is 0.516. The van der Waals surface area contributed by atoms with Crippen molar-refractivity contribution in [3.63, 3.8) is 0 Å². The Morgan fingerprint density at radius 3 is 0.405 bits per heavy atom. The Balaban J connectivity index is 3.00. The van der Waals surface area contributed by atoms with E-state index in [9.17, 15) is 0 Å². The number of hydrogen-bond donors (Lipinski definition) is 2. The molecule has 0 aromatic carbocycles. The van der Waals surface area contributed by atoms with E-state index >= 15 is 0 Å². The quantitative estimate of drug-likeness (QED) is 0.0962. The summed E-state index contributed by atoms with van der Waals surface area (Å²) in [6.07, 6.45) is 0. The van der Waals surface area contributed by atoms with Gasteiger partial charge < -0.3 is 63.6 Å². The molecule has 0 aliphatic rings. The molecule has 0 amide bonds. The van der Waals surface area contributed by atoms with E-state index in [1.165, 1.54) is 0 Å². The van der Waals surface area contributed by atoms with Gasteiger partial charge in [-0.2, -0.15) is 0 Å². The minimum Gasteiger partial charge on any atom is -0.378 e. The SMILES string of the molecule is NCCOCCOCCOCCOCCOCCOCCOCCOCCOCCOCCOCCN. The summed E-state index contributed by atoms with van der Waals surface area (Å²) in [6.45, 7) is 12.7. The lowest BCUT2D eigenvalue weighted by atomic mass is 10.6. The molecule has 37 heavy (non-hydrogen) atoms. The van der Waals surface area contributed by atoms with Crippen molar-refractivity contribution in [1.82, 2.24) is 0 Å². The second-order valence-corrected chi connectivity index (χ2v) is 7.31. The Morgan fingerprint density at radius 2 is 0.297 bits per heavy atom. The third-order valence-corrected chi connectivity index (χ3v) is 4.24. The molecule has 224 valence electrons. The van der Waals surface area contributed by atoms with Gasteiger partial charge >= 0.3 is 0 Å². The number of rotatable bonds is 34. The Kier molecular flexibility index (Phi) is 35.0. The first-order chi connectivity index (χ1) is 18.4. The second-order valence-electron chi connectivity index (χ2n) is 7.31. The van der Waals surface area contributed by atoms with Crippen LogP contribution in [0.2, 0.25) is 0 Å². The van der Waals surface area contributed by atoms with Gasteiger partial charge in [0, 0.05) is 13.1 Å². The predicted molar refractivity (Wildman–Crippen MR) is 137 cm³/mol. The molecule has 13 nitrogen and oxygen atoms in total. The summed E-state index contributed by atoms with van der Waals surface area (Å²) in [5.74, 6) is 0. The van der Waals surface area contributed by atoms with E-state index in [2.05, 4.69) is 0 Å². The summed E-state index contributed by atoms with van der Waals surface area (Å²) in [5.41, 5.74) is 10.6. The van der Waals surface area contributed by atoms with Crippen LogP contribution >= 0.6 is 0 Å². The Bertz CT molecular complexity index is 368. The zero-order chi connectivity index (χ0) is 26.7. The topological polar surface area (TPSA) is 154 Å². The smallest absolute Gasteiger partial charge is 0.0701 e. The lowest BCUT2D eigenvalue weighted by Gasteiger charge is -2.09. The summed E-state index contributed by atoms with van der Waals surface area (Å²) in [6, 6.07) is 0. The zero-order valence-corrected chi connectivity index (χ0v) is 22.6. The highest BCUT2D eigenvalue weighted by molar-refractivity contribution is 4.39. The van der Waals surface area contributed by atoms with E-state index in [1.807, 2.05) is 0 Å². The standard InChI is InChI=1S/C24H52N2O11/c25-1-3-27-5-7-29-9-11-31-13-15-33-17-19-35-21-23-37-24-22-36-20-18-34-16-14-32-12-10-30-8-6-28-4-2-26/h1-26H2. The summed E-state index contributed by atoms with van der Waals surface area (Å²) in [4.78, 5) is 0. The number of ether oxygens (including phenoxy) is 11. The van der Waals surface area contributed by atoms with Crippen molar-refractivity contribution in [2.24, 2.45) is 11.5 Å². The van der Waals surface area contributed by atoms with Crippen molar-refractivity contribution in [3.05, 3.63) is 0 Å². The maximum atomic E-state index is 5.45. The molecule has 0 bridgehead atoms.